The van der Waals surface area contributed by atoms with Gasteiger partial charge in [0.25, 0.3) is 0 Å². The zero-order chi connectivity index (χ0) is 11.3. The van der Waals surface area contributed by atoms with Gasteiger partial charge in [0.2, 0.25) is 0 Å². The molecule has 0 fully saturated rings. The summed E-state index contributed by atoms with van der Waals surface area (Å²) in [6, 6.07) is 2.75. The smallest absolute Gasteiger partial charge is 0.0426 e. The van der Waals surface area contributed by atoms with Gasteiger partial charge in [-0.25, -0.2) is 0 Å². The fourth-order valence-electron chi connectivity index (χ4n) is 1.72. The van der Waals surface area contributed by atoms with E-state index in [0.29, 0.717) is 6.04 Å². The van der Waals surface area contributed by atoms with Gasteiger partial charge >= 0.3 is 0 Å². The van der Waals surface area contributed by atoms with Crippen molar-refractivity contribution in [3.63, 3.8) is 0 Å². The van der Waals surface area contributed by atoms with Gasteiger partial charge in [-0.3, -0.25) is 0 Å². The fourth-order valence-corrected chi connectivity index (χ4v) is 3.76. The Morgan fingerprint density at radius 1 is 1.47 bits per heavy atom. The number of hydrogen-bond donors (Lipinski definition) is 1. The summed E-state index contributed by atoms with van der Waals surface area (Å²) in [5.41, 5.74) is 0. The van der Waals surface area contributed by atoms with Crippen molar-refractivity contribution in [2.75, 3.05) is 6.54 Å². The SMILES string of the molecule is CCCCC(NCC)c1sc(C)cc1Br. The van der Waals surface area contributed by atoms with Gasteiger partial charge in [-0.1, -0.05) is 26.7 Å². The molecule has 0 radical (unpaired) electrons. The van der Waals surface area contributed by atoms with Crippen molar-refractivity contribution in [1.29, 1.82) is 0 Å². The maximum atomic E-state index is 3.65. The van der Waals surface area contributed by atoms with Crippen LogP contribution >= 0.6 is 27.3 Å². The first kappa shape index (κ1) is 13.2. The molecule has 0 aliphatic carbocycles. The average molecular weight is 290 g/mol. The number of hydrogen-bond acceptors (Lipinski definition) is 2. The molecule has 0 saturated heterocycles. The van der Waals surface area contributed by atoms with Crippen molar-refractivity contribution in [2.45, 2.75) is 46.1 Å². The number of thiophene rings is 1. The van der Waals surface area contributed by atoms with E-state index in [1.54, 1.807) is 0 Å². The Morgan fingerprint density at radius 2 is 2.20 bits per heavy atom. The van der Waals surface area contributed by atoms with Gasteiger partial charge in [0.1, 0.15) is 0 Å². The van der Waals surface area contributed by atoms with Crippen molar-refractivity contribution in [3.8, 4) is 0 Å². The summed E-state index contributed by atoms with van der Waals surface area (Å²) in [5, 5.41) is 3.57. The van der Waals surface area contributed by atoms with Gasteiger partial charge in [-0.05, 0) is 41.9 Å². The molecule has 0 saturated carbocycles. The summed E-state index contributed by atoms with van der Waals surface area (Å²) in [6.07, 6.45) is 3.80. The highest BCUT2D eigenvalue weighted by Crippen LogP contribution is 2.34. The van der Waals surface area contributed by atoms with Crippen molar-refractivity contribution in [1.82, 2.24) is 5.32 Å². The third kappa shape index (κ3) is 3.89. The van der Waals surface area contributed by atoms with Crippen molar-refractivity contribution >= 4 is 27.3 Å². The molecule has 1 unspecified atom stereocenters. The molecule has 0 spiro atoms. The van der Waals surface area contributed by atoms with E-state index >= 15 is 0 Å². The first-order chi connectivity index (χ1) is 7.19. The van der Waals surface area contributed by atoms with Crippen LogP contribution in [0.1, 0.15) is 48.9 Å². The van der Waals surface area contributed by atoms with Crippen LogP contribution in [0.5, 0.6) is 0 Å². The highest BCUT2D eigenvalue weighted by Gasteiger charge is 2.15. The van der Waals surface area contributed by atoms with E-state index in [9.17, 15) is 0 Å². The number of halogens is 1. The quantitative estimate of drug-likeness (QED) is 0.803. The molecule has 0 aliphatic heterocycles. The molecule has 1 aromatic rings. The largest absolute Gasteiger partial charge is 0.309 e. The maximum Gasteiger partial charge on any atom is 0.0426 e. The summed E-state index contributed by atoms with van der Waals surface area (Å²) >= 11 is 5.55. The Morgan fingerprint density at radius 3 is 2.67 bits per heavy atom. The molecular formula is C12H20BrNS. The lowest BCUT2D eigenvalue weighted by molar-refractivity contribution is 0.500. The minimum absolute atomic E-state index is 0.531. The molecule has 0 aliphatic rings. The van der Waals surface area contributed by atoms with E-state index in [1.165, 1.54) is 33.5 Å². The van der Waals surface area contributed by atoms with Gasteiger partial charge in [0.05, 0.1) is 0 Å². The van der Waals surface area contributed by atoms with Crippen LogP contribution in [0.15, 0.2) is 10.5 Å². The molecule has 0 bridgehead atoms. The molecule has 0 amide bonds. The second-order valence-electron chi connectivity index (χ2n) is 3.82. The molecule has 1 atom stereocenters. The highest BCUT2D eigenvalue weighted by atomic mass is 79.9. The lowest BCUT2D eigenvalue weighted by Gasteiger charge is -2.16. The second kappa shape index (κ2) is 6.66. The number of unbranched alkanes of at least 4 members (excludes halogenated alkanes) is 1. The summed E-state index contributed by atoms with van der Waals surface area (Å²) < 4.78 is 1.27. The Hall–Kier alpha value is 0.140. The molecule has 1 heterocycles. The molecule has 86 valence electrons. The van der Waals surface area contributed by atoms with E-state index in [4.69, 9.17) is 0 Å². The average Bonchev–Trinajstić information content (AvgIpc) is 2.52. The molecule has 1 N–H and O–H groups in total. The van der Waals surface area contributed by atoms with Crippen LogP contribution in [0.3, 0.4) is 0 Å². The number of rotatable bonds is 6. The molecule has 1 rings (SSSR count). The lowest BCUT2D eigenvalue weighted by Crippen LogP contribution is -2.20. The van der Waals surface area contributed by atoms with E-state index in [0.717, 1.165) is 6.54 Å². The fraction of sp³-hybridized carbons (Fsp3) is 0.667. The Labute approximate surface area is 105 Å². The predicted octanol–water partition coefficient (Wildman–Crippen LogP) is 4.66. The molecule has 3 heteroatoms. The molecule has 1 nitrogen and oxygen atoms in total. The summed E-state index contributed by atoms with van der Waals surface area (Å²) in [6.45, 7) is 7.63. The monoisotopic (exact) mass is 289 g/mol. The van der Waals surface area contributed by atoms with Gasteiger partial charge in [-0.2, -0.15) is 0 Å². The van der Waals surface area contributed by atoms with Crippen molar-refractivity contribution < 1.29 is 0 Å². The molecule has 15 heavy (non-hydrogen) atoms. The third-order valence-electron chi connectivity index (χ3n) is 2.45. The van der Waals surface area contributed by atoms with Crippen LogP contribution in [-0.2, 0) is 0 Å². The Balaban J connectivity index is 2.73. The number of nitrogens with one attached hydrogen (secondary N) is 1. The van der Waals surface area contributed by atoms with Crippen LogP contribution in [0.4, 0.5) is 0 Å². The van der Waals surface area contributed by atoms with Crippen LogP contribution in [0.25, 0.3) is 0 Å². The first-order valence-electron chi connectivity index (χ1n) is 5.68. The minimum atomic E-state index is 0.531. The van der Waals surface area contributed by atoms with E-state index in [2.05, 4.69) is 48.1 Å². The van der Waals surface area contributed by atoms with Crippen LogP contribution in [0, 0.1) is 6.92 Å². The van der Waals surface area contributed by atoms with Crippen LogP contribution < -0.4 is 5.32 Å². The van der Waals surface area contributed by atoms with Gasteiger partial charge in [0.15, 0.2) is 0 Å². The zero-order valence-corrected chi connectivity index (χ0v) is 12.2. The van der Waals surface area contributed by atoms with E-state index in [-0.39, 0.29) is 0 Å². The van der Waals surface area contributed by atoms with E-state index < -0.39 is 0 Å². The summed E-state index contributed by atoms with van der Waals surface area (Å²) in [4.78, 5) is 2.85. The summed E-state index contributed by atoms with van der Waals surface area (Å²) in [7, 11) is 0. The third-order valence-corrected chi connectivity index (χ3v) is 4.53. The Kier molecular flexibility index (Phi) is 5.87. The summed E-state index contributed by atoms with van der Waals surface area (Å²) in [5.74, 6) is 0. The highest BCUT2D eigenvalue weighted by molar-refractivity contribution is 9.10. The number of aryl methyl sites for hydroxylation is 1. The van der Waals surface area contributed by atoms with Gasteiger partial charge in [-0.15, -0.1) is 11.3 Å². The second-order valence-corrected chi connectivity index (χ2v) is 5.96. The Bertz CT molecular complexity index is 296. The van der Waals surface area contributed by atoms with Crippen LogP contribution in [0.2, 0.25) is 0 Å². The molecular weight excluding hydrogens is 270 g/mol. The van der Waals surface area contributed by atoms with Crippen LogP contribution in [-0.4, -0.2) is 6.54 Å². The first-order valence-corrected chi connectivity index (χ1v) is 7.29. The minimum Gasteiger partial charge on any atom is -0.309 e. The van der Waals surface area contributed by atoms with Gasteiger partial charge in [0, 0.05) is 20.3 Å². The van der Waals surface area contributed by atoms with Crippen molar-refractivity contribution in [3.05, 3.63) is 20.3 Å². The zero-order valence-electron chi connectivity index (χ0n) is 9.77. The predicted molar refractivity (Wildman–Crippen MR) is 72.7 cm³/mol. The normalized spacial score (nSPS) is 13.1. The molecule has 1 aromatic heterocycles. The van der Waals surface area contributed by atoms with Crippen molar-refractivity contribution in [2.24, 2.45) is 0 Å². The van der Waals surface area contributed by atoms with Gasteiger partial charge < -0.3 is 5.32 Å². The lowest BCUT2D eigenvalue weighted by atomic mass is 10.1. The van der Waals surface area contributed by atoms with E-state index in [1.807, 2.05) is 11.3 Å². The standard InChI is InChI=1S/C12H20BrNS/c1-4-6-7-11(14-5-2)12-10(13)8-9(3)15-12/h8,11,14H,4-7H2,1-3H3. The topological polar surface area (TPSA) is 12.0 Å². The maximum absolute atomic E-state index is 3.65. The molecule has 0 aromatic carbocycles.